The molecule has 1 fully saturated rings. The molecule has 2 nitrogen and oxygen atoms in total. The molecular formula is C13H13F6NO. The van der Waals surface area contributed by atoms with Crippen LogP contribution in [-0.4, -0.2) is 23.5 Å². The number of halogens is 6. The summed E-state index contributed by atoms with van der Waals surface area (Å²) < 4.78 is 76.0. The Hall–Kier alpha value is -1.28. The molecule has 1 saturated carbocycles. The highest BCUT2D eigenvalue weighted by molar-refractivity contribution is 5.30. The molecule has 0 aromatic heterocycles. The Balaban J connectivity index is 2.24. The van der Waals surface area contributed by atoms with Crippen molar-refractivity contribution in [2.24, 2.45) is 0 Å². The maximum Gasteiger partial charge on any atom is 0.430 e. The number of alkyl halides is 6. The molecule has 0 amide bonds. The fourth-order valence-corrected chi connectivity index (χ4v) is 1.90. The van der Waals surface area contributed by atoms with Gasteiger partial charge < -0.3 is 10.4 Å². The van der Waals surface area contributed by atoms with Gasteiger partial charge >= 0.3 is 12.4 Å². The Bertz CT molecular complexity index is 475. The van der Waals surface area contributed by atoms with Crippen molar-refractivity contribution in [2.75, 3.05) is 0 Å². The number of aliphatic hydroxyl groups is 1. The largest absolute Gasteiger partial charge is 0.430 e. The Kier molecular flexibility index (Phi) is 3.96. The van der Waals surface area contributed by atoms with Crippen LogP contribution in [0.4, 0.5) is 26.3 Å². The standard InChI is InChI=1S/C13H13F6NO/c14-12(15,16)11(21,13(17,18)19)9-3-1-8(2-4-9)7-20-10-5-6-10/h1-4,10,20-21H,5-7H2. The van der Waals surface area contributed by atoms with Gasteiger partial charge in [0.05, 0.1) is 0 Å². The van der Waals surface area contributed by atoms with Gasteiger partial charge in [-0.2, -0.15) is 26.3 Å². The summed E-state index contributed by atoms with van der Waals surface area (Å²) in [5.41, 5.74) is -5.54. The van der Waals surface area contributed by atoms with Crippen molar-refractivity contribution in [1.82, 2.24) is 5.32 Å². The predicted octanol–water partition coefficient (Wildman–Crippen LogP) is 3.25. The number of hydrogen-bond acceptors (Lipinski definition) is 2. The lowest BCUT2D eigenvalue weighted by Crippen LogP contribution is -2.53. The molecule has 0 unspecified atom stereocenters. The maximum atomic E-state index is 12.7. The third-order valence-corrected chi connectivity index (χ3v) is 3.36. The van der Waals surface area contributed by atoms with Gasteiger partial charge in [0.1, 0.15) is 0 Å². The molecule has 1 aliphatic carbocycles. The van der Waals surface area contributed by atoms with Gasteiger partial charge in [-0.25, -0.2) is 0 Å². The molecule has 0 heterocycles. The van der Waals surface area contributed by atoms with Crippen LogP contribution in [0.5, 0.6) is 0 Å². The molecule has 0 atom stereocenters. The predicted molar refractivity (Wildman–Crippen MR) is 62.3 cm³/mol. The van der Waals surface area contributed by atoms with Crippen molar-refractivity contribution in [3.63, 3.8) is 0 Å². The molecule has 0 saturated heterocycles. The topological polar surface area (TPSA) is 32.3 Å². The average molecular weight is 313 g/mol. The van der Waals surface area contributed by atoms with E-state index < -0.39 is 23.5 Å². The van der Waals surface area contributed by atoms with E-state index >= 15 is 0 Å². The molecule has 0 aliphatic heterocycles. The van der Waals surface area contributed by atoms with E-state index in [2.05, 4.69) is 5.32 Å². The van der Waals surface area contributed by atoms with Crippen LogP contribution in [0.1, 0.15) is 24.0 Å². The van der Waals surface area contributed by atoms with Crippen LogP contribution in [0.25, 0.3) is 0 Å². The van der Waals surface area contributed by atoms with Crippen molar-refractivity contribution >= 4 is 0 Å². The van der Waals surface area contributed by atoms with E-state index in [9.17, 15) is 31.4 Å². The monoisotopic (exact) mass is 313 g/mol. The zero-order valence-corrected chi connectivity index (χ0v) is 10.7. The lowest BCUT2D eigenvalue weighted by Gasteiger charge is -2.32. The Morgan fingerprint density at radius 2 is 1.43 bits per heavy atom. The summed E-state index contributed by atoms with van der Waals surface area (Å²) in [5, 5.41) is 12.3. The number of rotatable bonds is 4. The second kappa shape index (κ2) is 5.17. The van der Waals surface area contributed by atoms with Crippen molar-refractivity contribution in [3.8, 4) is 0 Å². The third-order valence-electron chi connectivity index (χ3n) is 3.36. The summed E-state index contributed by atoms with van der Waals surface area (Å²) in [5.74, 6) is 0. The van der Waals surface area contributed by atoms with Crippen LogP contribution in [0.2, 0.25) is 0 Å². The second-order valence-electron chi connectivity index (χ2n) is 5.06. The van der Waals surface area contributed by atoms with E-state index in [1.54, 1.807) is 0 Å². The van der Waals surface area contributed by atoms with E-state index in [1.807, 2.05) is 0 Å². The summed E-state index contributed by atoms with van der Waals surface area (Å²) in [6.07, 6.45) is -9.67. The molecule has 118 valence electrons. The lowest BCUT2D eigenvalue weighted by molar-refractivity contribution is -0.376. The van der Waals surface area contributed by atoms with Gasteiger partial charge in [-0.05, 0) is 18.4 Å². The fraction of sp³-hybridized carbons (Fsp3) is 0.538. The molecule has 1 aliphatic rings. The van der Waals surface area contributed by atoms with Crippen LogP contribution < -0.4 is 5.32 Å². The van der Waals surface area contributed by atoms with Crippen molar-refractivity contribution < 1.29 is 31.4 Å². The highest BCUT2D eigenvalue weighted by atomic mass is 19.4. The summed E-state index contributed by atoms with van der Waals surface area (Å²) >= 11 is 0. The van der Waals surface area contributed by atoms with Gasteiger partial charge in [0, 0.05) is 18.2 Å². The summed E-state index contributed by atoms with van der Waals surface area (Å²) in [4.78, 5) is 0. The van der Waals surface area contributed by atoms with E-state index in [1.165, 1.54) is 0 Å². The van der Waals surface area contributed by atoms with Crippen LogP contribution in [0.3, 0.4) is 0 Å². The first-order valence-electron chi connectivity index (χ1n) is 6.24. The van der Waals surface area contributed by atoms with Crippen LogP contribution in [-0.2, 0) is 12.1 Å². The molecule has 1 aromatic rings. The van der Waals surface area contributed by atoms with E-state index in [4.69, 9.17) is 0 Å². The first kappa shape index (κ1) is 16.1. The minimum atomic E-state index is -5.85. The highest BCUT2D eigenvalue weighted by Crippen LogP contribution is 2.49. The summed E-state index contributed by atoms with van der Waals surface area (Å²) in [6.45, 7) is 0.363. The Morgan fingerprint density at radius 3 is 1.81 bits per heavy atom. The number of nitrogens with one attached hydrogen (secondary N) is 1. The van der Waals surface area contributed by atoms with Crippen molar-refractivity contribution in [1.29, 1.82) is 0 Å². The van der Waals surface area contributed by atoms with Gasteiger partial charge in [0.15, 0.2) is 0 Å². The molecule has 8 heteroatoms. The fourth-order valence-electron chi connectivity index (χ4n) is 1.90. The molecule has 2 rings (SSSR count). The zero-order valence-electron chi connectivity index (χ0n) is 10.7. The SMILES string of the molecule is OC(c1ccc(CNC2CC2)cc1)(C(F)(F)F)C(F)(F)F. The normalized spacial score (nSPS) is 17.1. The molecular weight excluding hydrogens is 300 g/mol. The Morgan fingerprint density at radius 1 is 0.952 bits per heavy atom. The summed E-state index contributed by atoms with van der Waals surface area (Å²) in [7, 11) is 0. The number of hydrogen-bond donors (Lipinski definition) is 2. The smallest absolute Gasteiger partial charge is 0.369 e. The molecule has 21 heavy (non-hydrogen) atoms. The van der Waals surface area contributed by atoms with Gasteiger partial charge in [-0.3, -0.25) is 0 Å². The van der Waals surface area contributed by atoms with Crippen LogP contribution in [0, 0.1) is 0 Å². The zero-order chi connectivity index (χ0) is 15.9. The van der Waals surface area contributed by atoms with E-state index in [-0.39, 0.29) is 0 Å². The van der Waals surface area contributed by atoms with Crippen molar-refractivity contribution in [2.45, 2.75) is 43.4 Å². The third kappa shape index (κ3) is 3.16. The molecule has 1 aromatic carbocycles. The minimum absolute atomic E-state index is 0.363. The first-order chi connectivity index (χ1) is 9.55. The van der Waals surface area contributed by atoms with E-state index in [0.717, 1.165) is 25.0 Å². The van der Waals surface area contributed by atoms with Gasteiger partial charge in [-0.15, -0.1) is 0 Å². The quantitative estimate of drug-likeness (QED) is 0.836. The molecule has 2 N–H and O–H groups in total. The highest BCUT2D eigenvalue weighted by Gasteiger charge is 2.71. The number of benzene rings is 1. The van der Waals surface area contributed by atoms with Crippen LogP contribution >= 0.6 is 0 Å². The lowest BCUT2D eigenvalue weighted by atomic mass is 9.91. The Labute approximate surface area is 116 Å². The minimum Gasteiger partial charge on any atom is -0.369 e. The van der Waals surface area contributed by atoms with Gasteiger partial charge in [-0.1, -0.05) is 24.3 Å². The second-order valence-corrected chi connectivity index (χ2v) is 5.06. The van der Waals surface area contributed by atoms with Gasteiger partial charge in [0.25, 0.3) is 5.60 Å². The average Bonchev–Trinajstić information content (AvgIpc) is 3.17. The molecule has 0 bridgehead atoms. The molecule has 0 radical (unpaired) electrons. The molecule has 0 spiro atoms. The summed E-state index contributed by atoms with van der Waals surface area (Å²) in [6, 6.07) is 3.97. The van der Waals surface area contributed by atoms with Gasteiger partial charge in [0.2, 0.25) is 0 Å². The maximum absolute atomic E-state index is 12.7. The van der Waals surface area contributed by atoms with E-state index in [0.29, 0.717) is 30.3 Å². The van der Waals surface area contributed by atoms with Crippen molar-refractivity contribution in [3.05, 3.63) is 35.4 Å². The van der Waals surface area contributed by atoms with Crippen LogP contribution in [0.15, 0.2) is 24.3 Å². The first-order valence-corrected chi connectivity index (χ1v) is 6.24.